The molecule has 3 heterocycles. The van der Waals surface area contributed by atoms with Crippen LogP contribution < -0.4 is 16.0 Å². The van der Waals surface area contributed by atoms with Crippen molar-refractivity contribution in [3.8, 4) is 11.1 Å². The van der Waals surface area contributed by atoms with Crippen molar-refractivity contribution < 1.29 is 4.79 Å². The number of hydrogen-bond donors (Lipinski definition) is 3. The fraction of sp³-hybridized carbons (Fsp3) is 0.379. The van der Waals surface area contributed by atoms with Gasteiger partial charge in [0.1, 0.15) is 11.5 Å². The van der Waals surface area contributed by atoms with Gasteiger partial charge in [-0.05, 0) is 81.5 Å². The van der Waals surface area contributed by atoms with E-state index in [4.69, 9.17) is 11.1 Å². The van der Waals surface area contributed by atoms with Gasteiger partial charge in [-0.25, -0.2) is 4.98 Å². The Balaban J connectivity index is 1.44. The standard InChI is InChI=1S/C29H38N8O/c1-35(2)13-14-36(3)27-10-8-24(19-33-27)34-29(38)28(31)25-16-22(7-9-26(25)30)23-15-21(17-32-18-23)20-37-11-5-4-6-12-37/h7-10,15-19,31H,4-6,11-14,20,30H2,1-3H3,(H,34,38). The Morgan fingerprint density at radius 1 is 1.00 bits per heavy atom. The van der Waals surface area contributed by atoms with Crippen molar-refractivity contribution in [2.45, 2.75) is 25.8 Å². The number of nitrogens with zero attached hydrogens (tertiary/aromatic N) is 5. The number of piperidine rings is 1. The van der Waals surface area contributed by atoms with Gasteiger partial charge < -0.3 is 20.9 Å². The molecule has 3 aromatic rings. The molecule has 38 heavy (non-hydrogen) atoms. The number of amides is 1. The number of likely N-dealkylation sites (N-methyl/N-ethyl adjacent to an activating group) is 2. The lowest BCUT2D eigenvalue weighted by Crippen LogP contribution is -2.29. The summed E-state index contributed by atoms with van der Waals surface area (Å²) in [4.78, 5) is 28.5. The molecular weight excluding hydrogens is 476 g/mol. The van der Waals surface area contributed by atoms with Crippen LogP contribution >= 0.6 is 0 Å². The van der Waals surface area contributed by atoms with Crippen molar-refractivity contribution in [2.24, 2.45) is 0 Å². The van der Waals surface area contributed by atoms with Crippen molar-refractivity contribution in [2.75, 3.05) is 63.3 Å². The van der Waals surface area contributed by atoms with Gasteiger partial charge in [-0.1, -0.05) is 12.5 Å². The van der Waals surface area contributed by atoms with Crippen LogP contribution in [0.15, 0.2) is 55.0 Å². The monoisotopic (exact) mass is 514 g/mol. The average Bonchev–Trinajstić information content (AvgIpc) is 2.92. The lowest BCUT2D eigenvalue weighted by atomic mass is 9.99. The summed E-state index contributed by atoms with van der Waals surface area (Å²) < 4.78 is 0. The van der Waals surface area contributed by atoms with E-state index >= 15 is 0 Å². The molecular formula is C29H38N8O. The van der Waals surface area contributed by atoms with Crippen LogP contribution in [0.3, 0.4) is 0 Å². The van der Waals surface area contributed by atoms with E-state index in [1.165, 1.54) is 19.3 Å². The predicted octanol–water partition coefficient (Wildman–Crippen LogP) is 3.72. The van der Waals surface area contributed by atoms with Crippen molar-refractivity contribution >= 4 is 28.8 Å². The van der Waals surface area contributed by atoms with Crippen LogP contribution in [0, 0.1) is 5.41 Å². The van der Waals surface area contributed by atoms with Crippen LogP contribution in [0.4, 0.5) is 17.2 Å². The Morgan fingerprint density at radius 3 is 2.50 bits per heavy atom. The molecule has 0 saturated carbocycles. The molecule has 9 nitrogen and oxygen atoms in total. The second-order valence-electron chi connectivity index (χ2n) is 10.2. The SMILES string of the molecule is CN(C)CCN(C)c1ccc(NC(=O)C(=N)c2cc(-c3cncc(CN4CCCCC4)c3)ccc2N)cn1. The number of nitrogen functional groups attached to an aromatic ring is 1. The van der Waals surface area contributed by atoms with E-state index in [0.717, 1.165) is 55.2 Å². The highest BCUT2D eigenvalue weighted by Gasteiger charge is 2.17. The number of nitrogens with one attached hydrogen (secondary N) is 2. The van der Waals surface area contributed by atoms with E-state index in [1.54, 1.807) is 24.4 Å². The Hall–Kier alpha value is -3.82. The summed E-state index contributed by atoms with van der Waals surface area (Å²) >= 11 is 0. The normalized spacial score (nSPS) is 13.9. The number of likely N-dealkylation sites (tertiary alicyclic amines) is 1. The van der Waals surface area contributed by atoms with Crippen LogP contribution in [0.5, 0.6) is 0 Å². The summed E-state index contributed by atoms with van der Waals surface area (Å²) in [5, 5.41) is 11.3. The minimum atomic E-state index is -0.540. The zero-order valence-corrected chi connectivity index (χ0v) is 22.6. The molecule has 0 bridgehead atoms. The molecule has 0 radical (unpaired) electrons. The summed E-state index contributed by atoms with van der Waals surface area (Å²) in [7, 11) is 6.04. The van der Waals surface area contributed by atoms with E-state index in [-0.39, 0.29) is 5.71 Å². The van der Waals surface area contributed by atoms with Gasteiger partial charge in [-0.3, -0.25) is 20.1 Å². The summed E-state index contributed by atoms with van der Waals surface area (Å²) in [5.41, 5.74) is 10.2. The molecule has 2 aromatic heterocycles. The number of pyridine rings is 2. The molecule has 0 unspecified atom stereocenters. The molecule has 4 N–H and O–H groups in total. The van der Waals surface area contributed by atoms with Crippen LogP contribution in [-0.2, 0) is 11.3 Å². The number of aromatic nitrogens is 2. The van der Waals surface area contributed by atoms with Gasteiger partial charge in [-0.2, -0.15) is 0 Å². The number of anilines is 3. The molecule has 4 rings (SSSR count). The Kier molecular flexibility index (Phi) is 9.04. The predicted molar refractivity (Wildman–Crippen MR) is 155 cm³/mol. The third kappa shape index (κ3) is 7.14. The van der Waals surface area contributed by atoms with Gasteiger partial charge in [0.2, 0.25) is 0 Å². The maximum Gasteiger partial charge on any atom is 0.274 e. The van der Waals surface area contributed by atoms with Crippen molar-refractivity contribution in [1.29, 1.82) is 5.41 Å². The lowest BCUT2D eigenvalue weighted by Gasteiger charge is -2.26. The minimum absolute atomic E-state index is 0.200. The van der Waals surface area contributed by atoms with Crippen LogP contribution in [0.25, 0.3) is 11.1 Å². The number of hydrogen-bond acceptors (Lipinski definition) is 8. The maximum atomic E-state index is 12.9. The number of nitrogens with two attached hydrogens (primary N) is 1. The van der Waals surface area contributed by atoms with Crippen molar-refractivity contribution in [1.82, 2.24) is 19.8 Å². The largest absolute Gasteiger partial charge is 0.398 e. The van der Waals surface area contributed by atoms with Crippen molar-refractivity contribution in [3.63, 3.8) is 0 Å². The van der Waals surface area contributed by atoms with Gasteiger partial charge in [0.25, 0.3) is 5.91 Å². The van der Waals surface area contributed by atoms with E-state index in [2.05, 4.69) is 36.1 Å². The first-order valence-electron chi connectivity index (χ1n) is 13.1. The summed E-state index contributed by atoms with van der Waals surface area (Å²) in [5.74, 6) is 0.273. The summed E-state index contributed by atoms with van der Waals surface area (Å²) in [6.07, 6.45) is 9.11. The third-order valence-corrected chi connectivity index (χ3v) is 6.81. The highest BCUT2D eigenvalue weighted by Crippen LogP contribution is 2.26. The molecule has 1 aromatic carbocycles. The molecule has 200 valence electrons. The van der Waals surface area contributed by atoms with Crippen LogP contribution in [0.2, 0.25) is 0 Å². The topological polar surface area (TPSA) is 114 Å². The van der Waals surface area contributed by atoms with Gasteiger partial charge in [0, 0.05) is 55.9 Å². The minimum Gasteiger partial charge on any atom is -0.398 e. The molecule has 1 saturated heterocycles. The van der Waals surface area contributed by atoms with Gasteiger partial charge in [-0.15, -0.1) is 0 Å². The number of carbonyl (C=O) groups is 1. The zero-order chi connectivity index (χ0) is 27.1. The molecule has 1 aliphatic heterocycles. The number of benzene rings is 1. The third-order valence-electron chi connectivity index (χ3n) is 6.81. The molecule has 1 amide bonds. The highest BCUT2D eigenvalue weighted by molar-refractivity contribution is 6.48. The number of carbonyl (C=O) groups excluding carboxylic acids is 1. The Morgan fingerprint density at radius 2 is 1.79 bits per heavy atom. The average molecular weight is 515 g/mol. The fourth-order valence-corrected chi connectivity index (χ4v) is 4.53. The van der Waals surface area contributed by atoms with Gasteiger partial charge in [0.15, 0.2) is 0 Å². The molecule has 1 aliphatic rings. The highest BCUT2D eigenvalue weighted by atomic mass is 16.1. The molecule has 9 heteroatoms. The van der Waals surface area contributed by atoms with Crippen LogP contribution in [-0.4, -0.2) is 78.7 Å². The number of rotatable bonds is 10. The van der Waals surface area contributed by atoms with Crippen LogP contribution in [0.1, 0.15) is 30.4 Å². The van der Waals surface area contributed by atoms with E-state index in [1.807, 2.05) is 45.7 Å². The Labute approximate surface area is 225 Å². The molecule has 1 fully saturated rings. The quantitative estimate of drug-likeness (QED) is 0.279. The first-order valence-corrected chi connectivity index (χ1v) is 13.1. The van der Waals surface area contributed by atoms with E-state index in [9.17, 15) is 4.79 Å². The zero-order valence-electron chi connectivity index (χ0n) is 22.6. The first kappa shape index (κ1) is 27.2. The van der Waals surface area contributed by atoms with Gasteiger partial charge >= 0.3 is 0 Å². The maximum absolute atomic E-state index is 12.9. The summed E-state index contributed by atoms with van der Waals surface area (Å²) in [6, 6.07) is 11.2. The summed E-state index contributed by atoms with van der Waals surface area (Å²) in [6.45, 7) is 4.86. The second-order valence-corrected chi connectivity index (χ2v) is 10.2. The fourth-order valence-electron chi connectivity index (χ4n) is 4.53. The second kappa shape index (κ2) is 12.6. The van der Waals surface area contributed by atoms with Gasteiger partial charge in [0.05, 0.1) is 11.9 Å². The molecule has 0 spiro atoms. The van der Waals surface area contributed by atoms with E-state index < -0.39 is 5.91 Å². The lowest BCUT2D eigenvalue weighted by molar-refractivity contribution is -0.110. The van der Waals surface area contributed by atoms with E-state index in [0.29, 0.717) is 16.9 Å². The van der Waals surface area contributed by atoms with Crippen molar-refractivity contribution in [3.05, 3.63) is 66.1 Å². The first-order chi connectivity index (χ1) is 18.3. The molecule has 0 atom stereocenters. The smallest absolute Gasteiger partial charge is 0.274 e. The molecule has 0 aliphatic carbocycles. The Bertz CT molecular complexity index is 1250.